The first kappa shape index (κ1) is 43.7. The molecule has 4 aliphatic rings. The van der Waals surface area contributed by atoms with Crippen LogP contribution in [0.3, 0.4) is 0 Å². The molecule has 0 bridgehead atoms. The van der Waals surface area contributed by atoms with Crippen LogP contribution in [0, 0.1) is 13.8 Å². The highest BCUT2D eigenvalue weighted by Gasteiger charge is 2.48. The van der Waals surface area contributed by atoms with Gasteiger partial charge in [0.1, 0.15) is 0 Å². The lowest BCUT2D eigenvalue weighted by Gasteiger charge is -2.48. The Labute approximate surface area is 410 Å². The van der Waals surface area contributed by atoms with Crippen molar-refractivity contribution < 1.29 is 0 Å². The van der Waals surface area contributed by atoms with Crippen LogP contribution in [0.15, 0.2) is 121 Å². The van der Waals surface area contributed by atoms with Crippen LogP contribution in [-0.2, 0) is 27.1 Å². The Hall–Kier alpha value is -5.58. The van der Waals surface area contributed by atoms with E-state index in [0.29, 0.717) is 0 Å². The summed E-state index contributed by atoms with van der Waals surface area (Å²) in [5, 5.41) is 2.79. The number of nitrogens with zero attached hydrogens (tertiary/aromatic N) is 2. The predicted molar refractivity (Wildman–Crippen MR) is 298 cm³/mol. The van der Waals surface area contributed by atoms with E-state index >= 15 is 0 Å². The molecule has 1 aromatic heterocycles. The summed E-state index contributed by atoms with van der Waals surface area (Å²) in [6.45, 7) is 31.5. The van der Waals surface area contributed by atoms with E-state index in [1.807, 2.05) is 11.3 Å². The van der Waals surface area contributed by atoms with Gasteiger partial charge in [0.25, 0.3) is 6.71 Å². The van der Waals surface area contributed by atoms with Gasteiger partial charge < -0.3 is 9.80 Å². The fourth-order valence-corrected chi connectivity index (χ4v) is 14.1. The highest BCUT2D eigenvalue weighted by Crippen LogP contribution is 2.55. The van der Waals surface area contributed by atoms with Gasteiger partial charge in [-0.2, -0.15) is 0 Å². The van der Waals surface area contributed by atoms with E-state index in [1.54, 1.807) is 0 Å². The molecular formula is C64H67BN2S. The SMILES string of the molecule is Cc1cc(C(C)(C)C)ccc1N1c2cc3c(cc2B2c4ccc5sc6cc7c(cc6c5c4N(c4ccccc4C)c4cc(-c5ccccc5)cc1c42)C(C)(C)CCC7(C)C)C(C)(C)CCC3(C)C. The van der Waals surface area contributed by atoms with Gasteiger partial charge in [0, 0.05) is 48.6 Å². The molecule has 8 aromatic rings. The minimum absolute atomic E-state index is 0.0130. The second-order valence-corrected chi connectivity index (χ2v) is 25.9. The molecule has 0 radical (unpaired) electrons. The van der Waals surface area contributed by atoms with Gasteiger partial charge in [-0.25, -0.2) is 0 Å². The maximum atomic E-state index is 2.71. The maximum absolute atomic E-state index is 2.71. The number of hydrogen-bond acceptors (Lipinski definition) is 3. The van der Waals surface area contributed by atoms with Crippen molar-refractivity contribution in [1.29, 1.82) is 0 Å². The summed E-state index contributed by atoms with van der Waals surface area (Å²) in [6, 6.07) is 48.2. The van der Waals surface area contributed by atoms with Gasteiger partial charge in [-0.15, -0.1) is 11.3 Å². The van der Waals surface area contributed by atoms with Crippen molar-refractivity contribution in [2.75, 3.05) is 9.80 Å². The third-order valence-corrected chi connectivity index (χ3v) is 18.5. The summed E-state index contributed by atoms with van der Waals surface area (Å²) >= 11 is 1.99. The van der Waals surface area contributed by atoms with E-state index in [4.69, 9.17) is 0 Å². The fraction of sp³-hybridized carbons (Fsp3) is 0.344. The zero-order valence-corrected chi connectivity index (χ0v) is 43.6. The monoisotopic (exact) mass is 907 g/mol. The third kappa shape index (κ3) is 6.34. The molecule has 12 rings (SSSR count). The van der Waals surface area contributed by atoms with Crippen LogP contribution in [0.25, 0.3) is 31.3 Å². The molecular weight excluding hydrogens is 840 g/mol. The van der Waals surface area contributed by atoms with E-state index in [-0.39, 0.29) is 33.8 Å². The number of fused-ring (bicyclic) bond motifs is 10. The average molecular weight is 907 g/mol. The van der Waals surface area contributed by atoms with Crippen LogP contribution in [0.4, 0.5) is 34.1 Å². The number of hydrogen-bond donors (Lipinski definition) is 0. The lowest BCUT2D eigenvalue weighted by atomic mass is 9.33. The van der Waals surface area contributed by atoms with Crippen LogP contribution < -0.4 is 26.2 Å². The normalized spacial score (nSPS) is 18.2. The molecule has 7 aromatic carbocycles. The van der Waals surface area contributed by atoms with E-state index in [1.165, 1.54) is 146 Å². The summed E-state index contributed by atoms with van der Waals surface area (Å²) in [7, 11) is 0. The average Bonchev–Trinajstić information content (AvgIpc) is 3.67. The summed E-state index contributed by atoms with van der Waals surface area (Å²) in [5.74, 6) is 0. The quantitative estimate of drug-likeness (QED) is 0.163. The second-order valence-electron chi connectivity index (χ2n) is 24.8. The summed E-state index contributed by atoms with van der Waals surface area (Å²) in [5.41, 5.74) is 24.7. The molecule has 2 aliphatic heterocycles. The Morgan fingerprint density at radius 3 is 1.68 bits per heavy atom. The number of benzene rings is 7. The molecule has 3 heterocycles. The van der Waals surface area contributed by atoms with Crippen molar-refractivity contribution >= 4 is 88.7 Å². The third-order valence-electron chi connectivity index (χ3n) is 17.4. The lowest BCUT2D eigenvalue weighted by Crippen LogP contribution is -2.62. The number of rotatable bonds is 3. The molecule has 0 N–H and O–H groups in total. The van der Waals surface area contributed by atoms with Crippen molar-refractivity contribution in [3.8, 4) is 11.1 Å². The Morgan fingerprint density at radius 2 is 1.04 bits per heavy atom. The van der Waals surface area contributed by atoms with Crippen LogP contribution in [-0.4, -0.2) is 6.71 Å². The van der Waals surface area contributed by atoms with E-state index in [0.717, 1.165) is 0 Å². The van der Waals surface area contributed by atoms with Crippen molar-refractivity contribution in [1.82, 2.24) is 0 Å². The van der Waals surface area contributed by atoms with Crippen LogP contribution >= 0.6 is 11.3 Å². The van der Waals surface area contributed by atoms with E-state index in [2.05, 4.69) is 221 Å². The van der Waals surface area contributed by atoms with Gasteiger partial charge in [0.05, 0.1) is 5.69 Å². The van der Waals surface area contributed by atoms with Crippen molar-refractivity contribution in [3.63, 3.8) is 0 Å². The minimum atomic E-state index is 0.0130. The highest BCUT2D eigenvalue weighted by atomic mass is 32.1. The number of aryl methyl sites for hydroxylation is 2. The molecule has 0 amide bonds. The fourth-order valence-electron chi connectivity index (χ4n) is 13.0. The summed E-state index contributed by atoms with van der Waals surface area (Å²) in [6.07, 6.45) is 4.74. The maximum Gasteiger partial charge on any atom is 0.252 e. The van der Waals surface area contributed by atoms with Gasteiger partial charge in [0.2, 0.25) is 0 Å². The largest absolute Gasteiger partial charge is 0.311 e. The van der Waals surface area contributed by atoms with Gasteiger partial charge in [-0.3, -0.25) is 0 Å². The molecule has 0 unspecified atom stereocenters. The molecule has 2 aliphatic carbocycles. The molecule has 0 saturated carbocycles. The molecule has 0 spiro atoms. The Balaban J connectivity index is 1.26. The number of anilines is 6. The molecule has 0 saturated heterocycles. The van der Waals surface area contributed by atoms with E-state index in [9.17, 15) is 0 Å². The van der Waals surface area contributed by atoms with Crippen LogP contribution in [0.1, 0.15) is 141 Å². The van der Waals surface area contributed by atoms with E-state index < -0.39 is 0 Å². The zero-order chi connectivity index (χ0) is 47.6. The molecule has 2 nitrogen and oxygen atoms in total. The van der Waals surface area contributed by atoms with Gasteiger partial charge in [-0.1, -0.05) is 149 Å². The first-order valence-electron chi connectivity index (χ1n) is 25.4. The topological polar surface area (TPSA) is 6.48 Å². The number of para-hydroxylation sites is 1. The van der Waals surface area contributed by atoms with Gasteiger partial charge >= 0.3 is 0 Å². The van der Waals surface area contributed by atoms with Crippen LogP contribution in [0.2, 0.25) is 0 Å². The van der Waals surface area contributed by atoms with Crippen molar-refractivity contribution in [2.45, 2.75) is 143 Å². The lowest BCUT2D eigenvalue weighted by molar-refractivity contribution is 0.332. The van der Waals surface area contributed by atoms with Gasteiger partial charge in [-0.05, 0) is 182 Å². The summed E-state index contributed by atoms with van der Waals surface area (Å²) in [4.78, 5) is 5.39. The first-order valence-corrected chi connectivity index (χ1v) is 26.2. The molecule has 0 atom stereocenters. The smallest absolute Gasteiger partial charge is 0.252 e. The minimum Gasteiger partial charge on any atom is -0.311 e. The van der Waals surface area contributed by atoms with Crippen molar-refractivity contribution in [3.05, 3.63) is 160 Å². The molecule has 0 fully saturated rings. The predicted octanol–water partition coefficient (Wildman–Crippen LogP) is 16.4. The highest BCUT2D eigenvalue weighted by molar-refractivity contribution is 7.26. The Bertz CT molecular complexity index is 3430. The Kier molecular flexibility index (Phi) is 9.31. The molecule has 342 valence electrons. The molecule has 68 heavy (non-hydrogen) atoms. The standard InChI is InChI=1S/C64H67BN2S/c1-38-19-17-18-22-50(38)67-54-33-41(40-20-15-14-16-21-40)32-53-58(54)65(48-24-26-55-57(59(48)67)43-34-44-47(37-56(43)68-55)64(12,13)30-27-61(44,6)7)49-35-45-46(63(10,11)29-28-62(45,8)9)36-52(49)66(53)51-25-23-42(31-39(51)2)60(3,4)5/h14-26,31-37H,27-30H2,1-13H3. The Morgan fingerprint density at radius 1 is 0.471 bits per heavy atom. The van der Waals surface area contributed by atoms with Crippen molar-refractivity contribution in [2.24, 2.45) is 0 Å². The first-order chi connectivity index (χ1) is 32.1. The molecule has 4 heteroatoms. The van der Waals surface area contributed by atoms with Crippen LogP contribution in [0.5, 0.6) is 0 Å². The second kappa shape index (κ2) is 14.5. The summed E-state index contributed by atoms with van der Waals surface area (Å²) < 4.78 is 2.76. The zero-order valence-electron chi connectivity index (χ0n) is 42.8. The van der Waals surface area contributed by atoms with Gasteiger partial charge in [0.15, 0.2) is 0 Å². The number of thiophene rings is 1.